The molecule has 0 unspecified atom stereocenters. The first-order valence-corrected chi connectivity index (χ1v) is 6.52. The Kier molecular flexibility index (Phi) is 4.27. The molecule has 0 aromatic heterocycles. The lowest BCUT2D eigenvalue weighted by Crippen LogP contribution is -1.96. The molecule has 0 heterocycles. The minimum absolute atomic E-state index is 0.445. The molecule has 1 N–H and O–H groups in total. The van der Waals surface area contributed by atoms with Crippen LogP contribution in [-0.2, 0) is 6.42 Å². The van der Waals surface area contributed by atoms with Gasteiger partial charge in [0.25, 0.3) is 0 Å². The number of hydrogen-bond acceptors (Lipinski definition) is 3. The van der Waals surface area contributed by atoms with E-state index in [0.29, 0.717) is 6.42 Å². The van der Waals surface area contributed by atoms with E-state index in [-0.39, 0.29) is 0 Å². The summed E-state index contributed by atoms with van der Waals surface area (Å²) in [6.07, 6.45) is 0.445. The van der Waals surface area contributed by atoms with Crippen LogP contribution in [0.2, 0.25) is 0 Å². The van der Waals surface area contributed by atoms with Gasteiger partial charge in [0.15, 0.2) is 0 Å². The van der Waals surface area contributed by atoms with E-state index in [4.69, 9.17) is 10.00 Å². The van der Waals surface area contributed by atoms with Crippen molar-refractivity contribution < 1.29 is 4.74 Å². The lowest BCUT2D eigenvalue weighted by atomic mass is 10.1. The molecular formula is C17H18N2O. The van der Waals surface area contributed by atoms with E-state index in [0.717, 1.165) is 33.8 Å². The molecule has 0 saturated heterocycles. The van der Waals surface area contributed by atoms with Crippen LogP contribution in [0.1, 0.15) is 16.7 Å². The summed E-state index contributed by atoms with van der Waals surface area (Å²) < 4.78 is 5.37. The molecule has 0 saturated carbocycles. The van der Waals surface area contributed by atoms with Crippen LogP contribution in [0.15, 0.2) is 36.4 Å². The van der Waals surface area contributed by atoms with Crippen LogP contribution in [0, 0.1) is 25.2 Å². The molecule has 0 spiro atoms. The first kappa shape index (κ1) is 14.0. The second kappa shape index (κ2) is 6.12. The maximum absolute atomic E-state index is 8.66. The SMILES string of the molecule is COc1c(C)cc(Nc2ccc(CC#N)cc2)cc1C. The molecule has 20 heavy (non-hydrogen) atoms. The van der Waals surface area contributed by atoms with Crippen molar-refractivity contribution in [2.45, 2.75) is 20.3 Å². The van der Waals surface area contributed by atoms with Gasteiger partial charge in [0.05, 0.1) is 19.6 Å². The Morgan fingerprint density at radius 3 is 2.15 bits per heavy atom. The molecule has 0 aliphatic carbocycles. The van der Waals surface area contributed by atoms with Crippen molar-refractivity contribution in [1.82, 2.24) is 0 Å². The monoisotopic (exact) mass is 266 g/mol. The number of aryl methyl sites for hydroxylation is 2. The second-order valence-electron chi connectivity index (χ2n) is 4.80. The van der Waals surface area contributed by atoms with E-state index in [9.17, 15) is 0 Å². The van der Waals surface area contributed by atoms with Crippen molar-refractivity contribution in [2.24, 2.45) is 0 Å². The topological polar surface area (TPSA) is 45.0 Å². The van der Waals surface area contributed by atoms with Crippen molar-refractivity contribution in [3.8, 4) is 11.8 Å². The summed E-state index contributed by atoms with van der Waals surface area (Å²) in [5.74, 6) is 0.930. The number of rotatable bonds is 4. The molecule has 2 rings (SSSR count). The summed E-state index contributed by atoms with van der Waals surface area (Å²) in [4.78, 5) is 0. The zero-order valence-corrected chi connectivity index (χ0v) is 12.0. The Bertz CT molecular complexity index is 616. The van der Waals surface area contributed by atoms with Crippen molar-refractivity contribution in [3.05, 3.63) is 53.1 Å². The van der Waals surface area contributed by atoms with Gasteiger partial charge in [-0.05, 0) is 54.8 Å². The summed E-state index contributed by atoms with van der Waals surface area (Å²) in [6, 6.07) is 14.2. The van der Waals surface area contributed by atoms with Gasteiger partial charge in [-0.25, -0.2) is 0 Å². The fraction of sp³-hybridized carbons (Fsp3) is 0.235. The molecule has 0 atom stereocenters. The molecule has 0 aliphatic heterocycles. The van der Waals surface area contributed by atoms with Crippen molar-refractivity contribution in [2.75, 3.05) is 12.4 Å². The quantitative estimate of drug-likeness (QED) is 0.905. The lowest BCUT2D eigenvalue weighted by Gasteiger charge is -2.13. The average Bonchev–Trinajstić information content (AvgIpc) is 2.41. The number of anilines is 2. The van der Waals surface area contributed by atoms with Crippen LogP contribution >= 0.6 is 0 Å². The van der Waals surface area contributed by atoms with Gasteiger partial charge in [-0.15, -0.1) is 0 Å². The third-order valence-corrected chi connectivity index (χ3v) is 3.19. The normalized spacial score (nSPS) is 9.90. The highest BCUT2D eigenvalue weighted by molar-refractivity contribution is 5.64. The van der Waals surface area contributed by atoms with Gasteiger partial charge in [-0.3, -0.25) is 0 Å². The molecule has 0 bridgehead atoms. The van der Waals surface area contributed by atoms with Gasteiger partial charge < -0.3 is 10.1 Å². The lowest BCUT2D eigenvalue weighted by molar-refractivity contribution is 0.408. The molecule has 3 heteroatoms. The molecule has 0 amide bonds. The maximum Gasteiger partial charge on any atom is 0.124 e. The van der Waals surface area contributed by atoms with Crippen LogP contribution in [0.4, 0.5) is 11.4 Å². The van der Waals surface area contributed by atoms with Crippen LogP contribution < -0.4 is 10.1 Å². The Morgan fingerprint density at radius 1 is 1.05 bits per heavy atom. The molecular weight excluding hydrogens is 248 g/mol. The number of nitriles is 1. The molecule has 0 aliphatic rings. The predicted molar refractivity (Wildman–Crippen MR) is 81.5 cm³/mol. The summed E-state index contributed by atoms with van der Waals surface area (Å²) in [7, 11) is 1.69. The molecule has 2 aromatic carbocycles. The van der Waals surface area contributed by atoms with Crippen LogP contribution in [0.5, 0.6) is 5.75 Å². The zero-order chi connectivity index (χ0) is 14.5. The Balaban J connectivity index is 2.20. The molecule has 0 fully saturated rings. The van der Waals surface area contributed by atoms with E-state index < -0.39 is 0 Å². The first-order chi connectivity index (χ1) is 9.63. The van der Waals surface area contributed by atoms with E-state index >= 15 is 0 Å². The number of benzene rings is 2. The fourth-order valence-corrected chi connectivity index (χ4v) is 2.31. The summed E-state index contributed by atoms with van der Waals surface area (Å²) in [5, 5.41) is 12.0. The number of hydrogen-bond donors (Lipinski definition) is 1. The highest BCUT2D eigenvalue weighted by Gasteiger charge is 2.05. The largest absolute Gasteiger partial charge is 0.496 e. The highest BCUT2D eigenvalue weighted by atomic mass is 16.5. The third-order valence-electron chi connectivity index (χ3n) is 3.19. The van der Waals surface area contributed by atoms with Gasteiger partial charge in [0.2, 0.25) is 0 Å². The number of nitrogens with one attached hydrogen (secondary N) is 1. The van der Waals surface area contributed by atoms with Crippen LogP contribution in [-0.4, -0.2) is 7.11 Å². The molecule has 2 aromatic rings. The second-order valence-corrected chi connectivity index (χ2v) is 4.80. The Hall–Kier alpha value is -2.47. The summed E-state index contributed by atoms with van der Waals surface area (Å²) in [6.45, 7) is 4.07. The predicted octanol–water partition coefficient (Wildman–Crippen LogP) is 4.12. The summed E-state index contributed by atoms with van der Waals surface area (Å²) in [5.41, 5.74) is 5.29. The van der Waals surface area contributed by atoms with Crippen molar-refractivity contribution in [3.63, 3.8) is 0 Å². The van der Waals surface area contributed by atoms with Gasteiger partial charge >= 0.3 is 0 Å². The first-order valence-electron chi connectivity index (χ1n) is 6.52. The summed E-state index contributed by atoms with van der Waals surface area (Å²) >= 11 is 0. The zero-order valence-electron chi connectivity index (χ0n) is 12.0. The van der Waals surface area contributed by atoms with Crippen molar-refractivity contribution >= 4 is 11.4 Å². The van der Waals surface area contributed by atoms with E-state index in [1.165, 1.54) is 0 Å². The van der Waals surface area contributed by atoms with Gasteiger partial charge in [0, 0.05) is 11.4 Å². The standard InChI is InChI=1S/C17H18N2O/c1-12-10-16(11-13(2)17(12)20-3)19-15-6-4-14(5-7-15)8-9-18/h4-7,10-11,19H,8H2,1-3H3. The highest BCUT2D eigenvalue weighted by Crippen LogP contribution is 2.28. The average molecular weight is 266 g/mol. The fourth-order valence-electron chi connectivity index (χ4n) is 2.31. The molecule has 3 nitrogen and oxygen atoms in total. The van der Waals surface area contributed by atoms with Crippen molar-refractivity contribution in [1.29, 1.82) is 5.26 Å². The van der Waals surface area contributed by atoms with Crippen LogP contribution in [0.3, 0.4) is 0 Å². The molecule has 102 valence electrons. The maximum atomic E-state index is 8.66. The number of nitrogens with zero attached hydrogens (tertiary/aromatic N) is 1. The smallest absolute Gasteiger partial charge is 0.124 e. The third kappa shape index (κ3) is 3.10. The minimum Gasteiger partial charge on any atom is -0.496 e. The number of ether oxygens (including phenoxy) is 1. The molecule has 0 radical (unpaired) electrons. The Labute approximate surface area is 119 Å². The number of methoxy groups -OCH3 is 1. The van der Waals surface area contributed by atoms with E-state index in [1.807, 2.05) is 38.1 Å². The van der Waals surface area contributed by atoms with Gasteiger partial charge in [0.1, 0.15) is 5.75 Å². The van der Waals surface area contributed by atoms with E-state index in [2.05, 4.69) is 23.5 Å². The van der Waals surface area contributed by atoms with Gasteiger partial charge in [-0.1, -0.05) is 12.1 Å². The van der Waals surface area contributed by atoms with Gasteiger partial charge in [-0.2, -0.15) is 5.26 Å². The Morgan fingerprint density at radius 2 is 1.65 bits per heavy atom. The van der Waals surface area contributed by atoms with Crippen LogP contribution in [0.25, 0.3) is 0 Å². The minimum atomic E-state index is 0.445. The van der Waals surface area contributed by atoms with E-state index in [1.54, 1.807) is 7.11 Å².